The lowest BCUT2D eigenvalue weighted by Gasteiger charge is -2.16. The number of aromatic nitrogens is 2. The topological polar surface area (TPSA) is 101 Å². The van der Waals surface area contributed by atoms with E-state index in [0.29, 0.717) is 0 Å². The highest BCUT2D eigenvalue weighted by Crippen LogP contribution is 2.06. The van der Waals surface area contributed by atoms with Gasteiger partial charge in [-0.1, -0.05) is 0 Å². The first-order valence-electron chi connectivity index (χ1n) is 5.04. The van der Waals surface area contributed by atoms with Gasteiger partial charge in [-0.05, 0) is 12.1 Å². The average molecular weight is 274 g/mol. The van der Waals surface area contributed by atoms with Crippen molar-refractivity contribution in [3.05, 3.63) is 18.3 Å². The van der Waals surface area contributed by atoms with Crippen molar-refractivity contribution in [1.29, 1.82) is 0 Å². The van der Waals surface area contributed by atoms with Gasteiger partial charge in [0.2, 0.25) is 0 Å². The van der Waals surface area contributed by atoms with Gasteiger partial charge in [0.25, 0.3) is 0 Å². The number of rotatable bonds is 6. The lowest BCUT2D eigenvalue weighted by molar-refractivity contribution is -0.140. The van der Waals surface area contributed by atoms with Crippen LogP contribution in [0.2, 0.25) is 0 Å². The Labute approximate surface area is 105 Å². The minimum absolute atomic E-state index is 0.0161. The smallest absolute Gasteiger partial charge is 0.306 e. The molecule has 0 aliphatic heterocycles. The molecule has 1 heterocycles. The van der Waals surface area contributed by atoms with Crippen molar-refractivity contribution in [3.63, 3.8) is 0 Å². The number of esters is 1. The van der Waals surface area contributed by atoms with E-state index >= 15 is 0 Å². The van der Waals surface area contributed by atoms with E-state index < -0.39 is 16.2 Å². The van der Waals surface area contributed by atoms with Crippen LogP contribution in [0.15, 0.2) is 18.3 Å². The third-order valence-corrected chi connectivity index (χ3v) is 3.54. The number of anilines is 1. The number of hydrogen-bond acceptors (Lipinski definition) is 6. The molecule has 18 heavy (non-hydrogen) atoms. The molecule has 0 saturated carbocycles. The van der Waals surface area contributed by atoms with Gasteiger partial charge >= 0.3 is 16.2 Å². The summed E-state index contributed by atoms with van der Waals surface area (Å²) in [6.45, 7) is 0.0161. The van der Waals surface area contributed by atoms with Gasteiger partial charge in [-0.15, -0.1) is 5.10 Å². The van der Waals surface area contributed by atoms with E-state index in [-0.39, 0.29) is 18.8 Å². The Bertz CT molecular complexity index is 491. The highest BCUT2D eigenvalue weighted by atomic mass is 32.2. The quantitative estimate of drug-likeness (QED) is 0.710. The molecule has 0 atom stereocenters. The highest BCUT2D eigenvalue weighted by molar-refractivity contribution is 7.90. The maximum absolute atomic E-state index is 11.8. The van der Waals surface area contributed by atoms with E-state index in [0.717, 1.165) is 4.31 Å². The molecule has 0 bridgehead atoms. The molecule has 0 aliphatic rings. The van der Waals surface area contributed by atoms with E-state index in [4.69, 9.17) is 0 Å². The normalized spacial score (nSPS) is 11.3. The number of ether oxygens (including phenoxy) is 1. The van der Waals surface area contributed by atoms with Crippen molar-refractivity contribution in [2.45, 2.75) is 6.42 Å². The second-order valence-electron chi connectivity index (χ2n) is 3.36. The zero-order valence-corrected chi connectivity index (χ0v) is 10.8. The molecule has 1 aromatic heterocycles. The third kappa shape index (κ3) is 4.26. The summed E-state index contributed by atoms with van der Waals surface area (Å²) in [7, 11) is -1.15. The molecule has 0 aliphatic carbocycles. The first kappa shape index (κ1) is 14.3. The Morgan fingerprint density at radius 3 is 2.83 bits per heavy atom. The fourth-order valence-electron chi connectivity index (χ4n) is 1.04. The third-order valence-electron chi connectivity index (χ3n) is 2.07. The largest absolute Gasteiger partial charge is 0.469 e. The molecule has 8 nitrogen and oxygen atoms in total. The standard InChI is InChI=1S/C9H14N4O4S/c1-13(7-5-9(14)17-2)18(15,16)12-8-4-3-6-10-11-8/h3-4,6H,5,7H2,1-2H3,(H,11,12). The summed E-state index contributed by atoms with van der Waals surface area (Å²) in [5.74, 6) is -0.362. The molecule has 0 saturated heterocycles. The SMILES string of the molecule is COC(=O)CCN(C)S(=O)(=O)Nc1cccnn1. The second kappa shape index (κ2) is 6.26. The lowest BCUT2D eigenvalue weighted by atomic mass is 10.4. The van der Waals surface area contributed by atoms with Gasteiger partial charge in [0, 0.05) is 19.8 Å². The summed E-state index contributed by atoms with van der Waals surface area (Å²) < 4.78 is 31.3. The van der Waals surface area contributed by atoms with E-state index in [1.165, 1.54) is 26.4 Å². The Morgan fingerprint density at radius 1 is 1.56 bits per heavy atom. The first-order valence-corrected chi connectivity index (χ1v) is 6.48. The van der Waals surface area contributed by atoms with Crippen molar-refractivity contribution in [1.82, 2.24) is 14.5 Å². The van der Waals surface area contributed by atoms with E-state index in [9.17, 15) is 13.2 Å². The molecular formula is C9H14N4O4S. The van der Waals surface area contributed by atoms with Crippen LogP contribution in [0.5, 0.6) is 0 Å². The van der Waals surface area contributed by atoms with Crippen molar-refractivity contribution < 1.29 is 17.9 Å². The zero-order chi connectivity index (χ0) is 13.6. The Balaban J connectivity index is 2.61. The maximum Gasteiger partial charge on any atom is 0.306 e. The zero-order valence-electron chi connectivity index (χ0n) is 10.0. The summed E-state index contributed by atoms with van der Waals surface area (Å²) >= 11 is 0. The summed E-state index contributed by atoms with van der Waals surface area (Å²) in [5, 5.41) is 7.15. The molecule has 0 unspecified atom stereocenters. The van der Waals surface area contributed by atoms with Crippen LogP contribution in [-0.2, 0) is 19.7 Å². The molecule has 1 aromatic rings. The number of hydrogen-bond donors (Lipinski definition) is 1. The fourth-order valence-corrected chi connectivity index (χ4v) is 1.90. The van der Waals surface area contributed by atoms with E-state index in [1.54, 1.807) is 6.07 Å². The summed E-state index contributed by atoms with van der Waals surface area (Å²) in [4.78, 5) is 10.9. The Kier molecular flexibility index (Phi) is 4.98. The number of carbonyl (C=O) groups is 1. The van der Waals surface area contributed by atoms with Gasteiger partial charge in [0.1, 0.15) is 0 Å². The van der Waals surface area contributed by atoms with Crippen LogP contribution in [-0.4, -0.2) is 49.6 Å². The van der Waals surface area contributed by atoms with Crippen molar-refractivity contribution in [2.24, 2.45) is 0 Å². The number of nitrogens with zero attached hydrogens (tertiary/aromatic N) is 3. The minimum atomic E-state index is -3.74. The number of carbonyl (C=O) groups excluding carboxylic acids is 1. The first-order chi connectivity index (χ1) is 8.45. The fraction of sp³-hybridized carbons (Fsp3) is 0.444. The predicted octanol–water partition coefficient (Wildman–Crippen LogP) is -0.372. The molecule has 1 N–H and O–H groups in total. The van der Waals surface area contributed by atoms with Crippen LogP contribution in [0.3, 0.4) is 0 Å². The van der Waals surface area contributed by atoms with Gasteiger partial charge in [0.15, 0.2) is 5.82 Å². The molecule has 0 aromatic carbocycles. The average Bonchev–Trinajstić information content (AvgIpc) is 2.36. The second-order valence-corrected chi connectivity index (χ2v) is 5.14. The molecule has 0 spiro atoms. The highest BCUT2D eigenvalue weighted by Gasteiger charge is 2.19. The molecule has 0 fully saturated rings. The Hall–Kier alpha value is -1.74. The maximum atomic E-state index is 11.8. The summed E-state index contributed by atoms with van der Waals surface area (Å²) in [6.07, 6.45) is 1.41. The lowest BCUT2D eigenvalue weighted by Crippen LogP contribution is -2.34. The van der Waals surface area contributed by atoms with Crippen LogP contribution in [0.1, 0.15) is 6.42 Å². The molecule has 0 radical (unpaired) electrons. The van der Waals surface area contributed by atoms with Gasteiger partial charge in [-0.2, -0.15) is 17.8 Å². The van der Waals surface area contributed by atoms with Crippen molar-refractivity contribution in [3.8, 4) is 0 Å². The van der Waals surface area contributed by atoms with Gasteiger partial charge in [-0.25, -0.2) is 0 Å². The van der Waals surface area contributed by atoms with Crippen molar-refractivity contribution in [2.75, 3.05) is 25.4 Å². The van der Waals surface area contributed by atoms with Gasteiger partial charge in [0.05, 0.1) is 13.5 Å². The predicted molar refractivity (Wildman–Crippen MR) is 63.8 cm³/mol. The molecule has 0 amide bonds. The van der Waals surface area contributed by atoms with Gasteiger partial charge < -0.3 is 4.74 Å². The van der Waals surface area contributed by atoms with E-state index in [2.05, 4.69) is 19.7 Å². The number of nitrogens with one attached hydrogen (secondary N) is 1. The van der Waals surface area contributed by atoms with Crippen LogP contribution >= 0.6 is 0 Å². The molecule has 1 rings (SSSR count). The summed E-state index contributed by atoms with van der Waals surface area (Å²) in [5.41, 5.74) is 0. The monoisotopic (exact) mass is 274 g/mol. The van der Waals surface area contributed by atoms with Crippen LogP contribution in [0.4, 0.5) is 5.82 Å². The van der Waals surface area contributed by atoms with Crippen LogP contribution in [0.25, 0.3) is 0 Å². The molecule has 9 heteroatoms. The summed E-state index contributed by atoms with van der Waals surface area (Å²) in [6, 6.07) is 3.03. The Morgan fingerprint density at radius 2 is 2.28 bits per heavy atom. The van der Waals surface area contributed by atoms with Crippen LogP contribution < -0.4 is 4.72 Å². The van der Waals surface area contributed by atoms with Crippen molar-refractivity contribution >= 4 is 22.0 Å². The molecular weight excluding hydrogens is 260 g/mol. The van der Waals surface area contributed by atoms with E-state index in [1.807, 2.05) is 0 Å². The van der Waals surface area contributed by atoms with Crippen LogP contribution in [0, 0.1) is 0 Å². The van der Waals surface area contributed by atoms with Gasteiger partial charge in [-0.3, -0.25) is 9.52 Å². The minimum Gasteiger partial charge on any atom is -0.469 e. The molecule has 100 valence electrons. The number of methoxy groups -OCH3 is 1.